The zero-order valence-electron chi connectivity index (χ0n) is 11.6. The number of halogens is 1. The molecule has 0 bridgehead atoms. The Bertz CT molecular complexity index is 701. The summed E-state index contributed by atoms with van der Waals surface area (Å²) in [5.74, 6) is -0.0404. The summed E-state index contributed by atoms with van der Waals surface area (Å²) in [6.07, 6.45) is 0. The van der Waals surface area contributed by atoms with Crippen LogP contribution in [0.5, 0.6) is 5.75 Å². The minimum Gasteiger partial charge on any atom is -0.489 e. The lowest BCUT2D eigenvalue weighted by Crippen LogP contribution is -2.22. The zero-order valence-corrected chi connectivity index (χ0v) is 11.6. The van der Waals surface area contributed by atoms with Gasteiger partial charge in [-0.3, -0.25) is 4.79 Å². The lowest BCUT2D eigenvalue weighted by molar-refractivity contribution is 0.102. The molecular weight excluding hydrogens is 271 g/mol. The van der Waals surface area contributed by atoms with Crippen LogP contribution >= 0.6 is 0 Å². The molecule has 3 rings (SSSR count). The number of amides is 1. The number of aryl methyl sites for hydroxylation is 1. The second-order valence-corrected chi connectivity index (χ2v) is 4.87. The van der Waals surface area contributed by atoms with Gasteiger partial charge in [0.05, 0.1) is 11.3 Å². The van der Waals surface area contributed by atoms with Gasteiger partial charge in [-0.25, -0.2) is 4.39 Å². The number of hydrogen-bond acceptors (Lipinski definition) is 3. The van der Waals surface area contributed by atoms with Gasteiger partial charge in [-0.1, -0.05) is 6.07 Å². The van der Waals surface area contributed by atoms with Crippen LogP contribution in [-0.4, -0.2) is 19.1 Å². The summed E-state index contributed by atoms with van der Waals surface area (Å²) in [5.41, 5.74) is 2.53. The first-order valence-corrected chi connectivity index (χ1v) is 6.72. The van der Waals surface area contributed by atoms with Gasteiger partial charge >= 0.3 is 0 Å². The van der Waals surface area contributed by atoms with Gasteiger partial charge < -0.3 is 15.4 Å². The van der Waals surface area contributed by atoms with E-state index in [9.17, 15) is 9.18 Å². The Hall–Kier alpha value is -2.56. The Labute approximate surface area is 121 Å². The van der Waals surface area contributed by atoms with E-state index in [1.165, 1.54) is 12.1 Å². The highest BCUT2D eigenvalue weighted by atomic mass is 19.1. The molecule has 0 aromatic heterocycles. The number of anilines is 2. The fourth-order valence-electron chi connectivity index (χ4n) is 2.31. The van der Waals surface area contributed by atoms with E-state index in [4.69, 9.17) is 4.74 Å². The number of para-hydroxylation sites is 1. The Morgan fingerprint density at radius 1 is 1.33 bits per heavy atom. The van der Waals surface area contributed by atoms with Crippen LogP contribution in [0.1, 0.15) is 15.9 Å². The highest BCUT2D eigenvalue weighted by Crippen LogP contribution is 2.31. The van der Waals surface area contributed by atoms with E-state index in [0.717, 1.165) is 12.2 Å². The molecule has 1 aliphatic heterocycles. The van der Waals surface area contributed by atoms with Gasteiger partial charge in [0, 0.05) is 12.2 Å². The predicted molar refractivity (Wildman–Crippen MR) is 79.5 cm³/mol. The van der Waals surface area contributed by atoms with Crippen LogP contribution in [0.2, 0.25) is 0 Å². The van der Waals surface area contributed by atoms with Gasteiger partial charge in [0.1, 0.15) is 12.4 Å². The Morgan fingerprint density at radius 3 is 3.00 bits per heavy atom. The van der Waals surface area contributed by atoms with E-state index in [2.05, 4.69) is 10.6 Å². The molecule has 0 unspecified atom stereocenters. The summed E-state index contributed by atoms with van der Waals surface area (Å²) in [4.78, 5) is 12.4. The second kappa shape index (κ2) is 5.44. The number of carbonyl (C=O) groups excluding carboxylic acids is 1. The standard InChI is InChI=1S/C16H15FN2O2/c1-10-9-11(17)5-6-13(10)19-16(20)12-3-2-4-14-15(12)21-8-7-18-14/h2-6,9,18H,7-8H2,1H3,(H,19,20). The first-order chi connectivity index (χ1) is 10.1. The molecule has 0 aliphatic carbocycles. The lowest BCUT2D eigenvalue weighted by Gasteiger charge is -2.21. The van der Waals surface area contributed by atoms with E-state index in [1.807, 2.05) is 6.07 Å². The van der Waals surface area contributed by atoms with E-state index < -0.39 is 0 Å². The first-order valence-electron chi connectivity index (χ1n) is 6.72. The van der Waals surface area contributed by atoms with Gasteiger partial charge in [0.15, 0.2) is 5.75 Å². The molecule has 0 atom stereocenters. The van der Waals surface area contributed by atoms with Crippen LogP contribution in [0, 0.1) is 12.7 Å². The fraction of sp³-hybridized carbons (Fsp3) is 0.188. The van der Waals surface area contributed by atoms with Crippen molar-refractivity contribution in [1.82, 2.24) is 0 Å². The SMILES string of the molecule is Cc1cc(F)ccc1NC(=O)c1cccc2c1OCCN2. The number of nitrogens with one attached hydrogen (secondary N) is 2. The van der Waals surface area contributed by atoms with Crippen molar-refractivity contribution < 1.29 is 13.9 Å². The van der Waals surface area contributed by atoms with Crippen molar-refractivity contribution in [2.45, 2.75) is 6.92 Å². The molecule has 0 spiro atoms. The molecule has 0 fully saturated rings. The number of carbonyl (C=O) groups is 1. The summed E-state index contributed by atoms with van der Waals surface area (Å²) in [6.45, 7) is 2.99. The van der Waals surface area contributed by atoms with Crippen molar-refractivity contribution in [3.8, 4) is 5.75 Å². The molecule has 108 valence electrons. The van der Waals surface area contributed by atoms with Crippen LogP contribution < -0.4 is 15.4 Å². The molecule has 4 nitrogen and oxygen atoms in total. The summed E-state index contributed by atoms with van der Waals surface area (Å²) in [6, 6.07) is 9.63. The molecule has 1 heterocycles. The van der Waals surface area contributed by atoms with E-state index in [0.29, 0.717) is 29.2 Å². The molecule has 1 aliphatic rings. The van der Waals surface area contributed by atoms with E-state index in [1.54, 1.807) is 25.1 Å². The lowest BCUT2D eigenvalue weighted by atomic mass is 10.1. The van der Waals surface area contributed by atoms with Crippen LogP contribution in [0.4, 0.5) is 15.8 Å². The number of rotatable bonds is 2. The van der Waals surface area contributed by atoms with Gasteiger partial charge in [-0.2, -0.15) is 0 Å². The van der Waals surface area contributed by atoms with Crippen molar-refractivity contribution >= 4 is 17.3 Å². The molecule has 2 aromatic carbocycles. The van der Waals surface area contributed by atoms with Gasteiger partial charge in [-0.15, -0.1) is 0 Å². The first kappa shape index (κ1) is 13.4. The third-order valence-corrected chi connectivity index (χ3v) is 3.36. The average Bonchev–Trinajstić information content (AvgIpc) is 2.49. The van der Waals surface area contributed by atoms with Crippen LogP contribution in [0.3, 0.4) is 0 Å². The molecular formula is C16H15FN2O2. The zero-order chi connectivity index (χ0) is 14.8. The summed E-state index contributed by atoms with van der Waals surface area (Å²) in [5, 5.41) is 5.98. The molecule has 0 saturated carbocycles. The third kappa shape index (κ3) is 2.67. The summed E-state index contributed by atoms with van der Waals surface area (Å²) < 4.78 is 18.7. The Balaban J connectivity index is 1.89. The molecule has 0 saturated heterocycles. The topological polar surface area (TPSA) is 50.4 Å². The smallest absolute Gasteiger partial charge is 0.259 e. The minimum absolute atomic E-state index is 0.273. The van der Waals surface area contributed by atoms with Gasteiger partial charge in [0.25, 0.3) is 5.91 Å². The number of ether oxygens (including phenoxy) is 1. The van der Waals surface area contributed by atoms with E-state index in [-0.39, 0.29) is 11.7 Å². The number of benzene rings is 2. The van der Waals surface area contributed by atoms with Gasteiger partial charge in [0.2, 0.25) is 0 Å². The molecule has 2 aromatic rings. The van der Waals surface area contributed by atoms with Crippen molar-refractivity contribution in [1.29, 1.82) is 0 Å². The minimum atomic E-state index is -0.324. The maximum Gasteiger partial charge on any atom is 0.259 e. The maximum atomic E-state index is 13.1. The maximum absolute atomic E-state index is 13.1. The largest absolute Gasteiger partial charge is 0.489 e. The second-order valence-electron chi connectivity index (χ2n) is 4.87. The van der Waals surface area contributed by atoms with Gasteiger partial charge in [-0.05, 0) is 42.8 Å². The fourth-order valence-corrected chi connectivity index (χ4v) is 2.31. The quantitative estimate of drug-likeness (QED) is 0.891. The molecule has 21 heavy (non-hydrogen) atoms. The summed E-state index contributed by atoms with van der Waals surface area (Å²) in [7, 11) is 0. The normalized spacial score (nSPS) is 12.9. The highest BCUT2D eigenvalue weighted by Gasteiger charge is 2.19. The monoisotopic (exact) mass is 286 g/mol. The number of fused-ring (bicyclic) bond motifs is 1. The van der Waals surface area contributed by atoms with Crippen molar-refractivity contribution in [3.63, 3.8) is 0 Å². The van der Waals surface area contributed by atoms with E-state index >= 15 is 0 Å². The third-order valence-electron chi connectivity index (χ3n) is 3.36. The molecule has 5 heteroatoms. The number of hydrogen-bond donors (Lipinski definition) is 2. The molecule has 1 amide bonds. The summed E-state index contributed by atoms with van der Waals surface area (Å²) >= 11 is 0. The Morgan fingerprint density at radius 2 is 2.19 bits per heavy atom. The van der Waals surface area contributed by atoms with Crippen LogP contribution in [0.15, 0.2) is 36.4 Å². The van der Waals surface area contributed by atoms with Crippen LogP contribution in [0.25, 0.3) is 0 Å². The predicted octanol–water partition coefficient (Wildman–Crippen LogP) is 3.19. The molecule has 0 radical (unpaired) electrons. The Kier molecular flexibility index (Phi) is 3.48. The highest BCUT2D eigenvalue weighted by molar-refractivity contribution is 6.07. The van der Waals surface area contributed by atoms with Crippen molar-refractivity contribution in [2.75, 3.05) is 23.8 Å². The van der Waals surface area contributed by atoms with Crippen LogP contribution in [-0.2, 0) is 0 Å². The average molecular weight is 286 g/mol. The van der Waals surface area contributed by atoms with Crippen molar-refractivity contribution in [2.24, 2.45) is 0 Å². The van der Waals surface area contributed by atoms with Crippen molar-refractivity contribution in [3.05, 3.63) is 53.3 Å². The molecule has 2 N–H and O–H groups in total.